The van der Waals surface area contributed by atoms with Crippen LogP contribution in [0.3, 0.4) is 0 Å². The zero-order valence-electron chi connectivity index (χ0n) is 20.1. The number of nitrogens with two attached hydrogens (primary N) is 1. The minimum Gasteiger partial charge on any atom is -0.390 e. The quantitative estimate of drug-likeness (QED) is 0.380. The SMILES string of the molecule is Cc1nc(N)nc(N[C@@H]2C[C@H](C(C)(C)S(C)(=O)=O)[C@@H](O)[C@H]2O)c1-c1nc2c(C3CC3)nccc2s1. The maximum Gasteiger partial charge on any atom is 0.222 e. The maximum absolute atomic E-state index is 12.4. The zero-order valence-corrected chi connectivity index (χ0v) is 21.7. The number of rotatable bonds is 6. The number of aryl methyl sites for hydroxylation is 1. The van der Waals surface area contributed by atoms with E-state index >= 15 is 0 Å². The Hall–Kier alpha value is -2.41. The molecule has 3 aromatic rings. The minimum absolute atomic E-state index is 0.0660. The predicted molar refractivity (Wildman–Crippen MR) is 136 cm³/mol. The number of aromatic nitrogens is 4. The van der Waals surface area contributed by atoms with Crippen molar-refractivity contribution in [2.45, 2.75) is 68.9 Å². The smallest absolute Gasteiger partial charge is 0.222 e. The van der Waals surface area contributed by atoms with E-state index in [1.807, 2.05) is 19.2 Å². The first-order valence-electron chi connectivity index (χ1n) is 11.6. The molecule has 10 nitrogen and oxygen atoms in total. The number of aliphatic hydroxyl groups excluding tert-OH is 2. The van der Waals surface area contributed by atoms with Gasteiger partial charge in [-0.3, -0.25) is 4.98 Å². The first-order valence-corrected chi connectivity index (χ1v) is 14.3. The summed E-state index contributed by atoms with van der Waals surface area (Å²) in [5.41, 5.74) is 9.14. The van der Waals surface area contributed by atoms with E-state index in [0.717, 1.165) is 35.0 Å². The number of aliphatic hydroxyl groups is 2. The summed E-state index contributed by atoms with van der Waals surface area (Å²) >= 11 is 1.51. The van der Waals surface area contributed by atoms with Gasteiger partial charge in [-0.1, -0.05) is 0 Å². The molecule has 5 rings (SSSR count). The van der Waals surface area contributed by atoms with Gasteiger partial charge in [-0.05, 0) is 46.1 Å². The molecule has 3 heterocycles. The van der Waals surface area contributed by atoms with Crippen molar-refractivity contribution in [2.75, 3.05) is 17.3 Å². The molecule has 2 aliphatic rings. The molecular formula is C23H30N6O4S2. The van der Waals surface area contributed by atoms with Crippen LogP contribution in [0.4, 0.5) is 11.8 Å². The Morgan fingerprint density at radius 2 is 1.89 bits per heavy atom. The number of anilines is 2. The predicted octanol–water partition coefficient (Wildman–Crippen LogP) is 2.26. The van der Waals surface area contributed by atoms with Crippen LogP contribution in [0.15, 0.2) is 12.3 Å². The van der Waals surface area contributed by atoms with Gasteiger partial charge in [-0.15, -0.1) is 11.3 Å². The fraction of sp³-hybridized carbons (Fsp3) is 0.565. The molecule has 2 fully saturated rings. The summed E-state index contributed by atoms with van der Waals surface area (Å²) in [4.78, 5) is 18.2. The van der Waals surface area contributed by atoms with Crippen LogP contribution < -0.4 is 11.1 Å². The summed E-state index contributed by atoms with van der Waals surface area (Å²) in [5, 5.41) is 25.5. The van der Waals surface area contributed by atoms with E-state index in [9.17, 15) is 18.6 Å². The molecule has 4 atom stereocenters. The molecule has 0 bridgehead atoms. The summed E-state index contributed by atoms with van der Waals surface area (Å²) in [6.45, 7) is 4.98. The maximum atomic E-state index is 12.4. The molecule has 2 saturated carbocycles. The molecule has 3 aromatic heterocycles. The molecule has 2 aliphatic carbocycles. The molecule has 0 aliphatic heterocycles. The molecule has 5 N–H and O–H groups in total. The van der Waals surface area contributed by atoms with Gasteiger partial charge in [0, 0.05) is 24.3 Å². The van der Waals surface area contributed by atoms with Crippen molar-refractivity contribution in [3.63, 3.8) is 0 Å². The third-order valence-electron chi connectivity index (χ3n) is 7.47. The number of pyridine rings is 1. The number of hydrogen-bond donors (Lipinski definition) is 4. The van der Waals surface area contributed by atoms with Gasteiger partial charge in [-0.25, -0.2) is 18.4 Å². The third-order valence-corrected chi connectivity index (χ3v) is 10.7. The first kappa shape index (κ1) is 24.3. The largest absolute Gasteiger partial charge is 0.390 e. The lowest BCUT2D eigenvalue weighted by molar-refractivity contribution is 0.0106. The normalized spacial score (nSPS) is 25.3. The van der Waals surface area contributed by atoms with Crippen molar-refractivity contribution in [3.8, 4) is 10.6 Å². The number of thiazole rings is 1. The van der Waals surface area contributed by atoms with Crippen molar-refractivity contribution >= 4 is 43.2 Å². The van der Waals surface area contributed by atoms with E-state index < -0.39 is 38.8 Å². The van der Waals surface area contributed by atoms with Crippen LogP contribution in [-0.2, 0) is 9.84 Å². The van der Waals surface area contributed by atoms with E-state index in [1.165, 1.54) is 11.3 Å². The number of fused-ring (bicyclic) bond motifs is 1. The van der Waals surface area contributed by atoms with Crippen LogP contribution in [0.25, 0.3) is 20.8 Å². The second-order valence-electron chi connectivity index (χ2n) is 10.2. The van der Waals surface area contributed by atoms with E-state index in [0.29, 0.717) is 28.0 Å². The molecule has 12 heteroatoms. The van der Waals surface area contributed by atoms with Gasteiger partial charge in [0.1, 0.15) is 22.4 Å². The van der Waals surface area contributed by atoms with Gasteiger partial charge < -0.3 is 21.3 Å². The van der Waals surface area contributed by atoms with Gasteiger partial charge in [0.05, 0.1) is 38.5 Å². The average Bonchev–Trinajstić information content (AvgIpc) is 3.45. The van der Waals surface area contributed by atoms with Crippen LogP contribution in [0, 0.1) is 12.8 Å². The van der Waals surface area contributed by atoms with Gasteiger partial charge in [0.25, 0.3) is 0 Å². The summed E-state index contributed by atoms with van der Waals surface area (Å²) in [6, 6.07) is 1.30. The Bertz CT molecular complexity index is 1400. The summed E-state index contributed by atoms with van der Waals surface area (Å²) in [7, 11) is -3.48. The number of hydrogen-bond acceptors (Lipinski definition) is 11. The molecule has 0 saturated heterocycles. The van der Waals surface area contributed by atoms with Gasteiger partial charge in [0.2, 0.25) is 5.95 Å². The lowest BCUT2D eigenvalue weighted by atomic mass is 9.91. The van der Waals surface area contributed by atoms with E-state index in [4.69, 9.17) is 10.7 Å². The Morgan fingerprint density at radius 1 is 1.17 bits per heavy atom. The first-order chi connectivity index (χ1) is 16.4. The number of sulfone groups is 1. The lowest BCUT2D eigenvalue weighted by Gasteiger charge is -2.32. The van der Waals surface area contributed by atoms with Crippen molar-refractivity contribution in [1.82, 2.24) is 19.9 Å². The standard InChI is InChI=1S/C23H30N6O4S2/c1-10-15(21-28-17-14(34-21)7-8-25-16(17)11-5-6-11)20(29-22(24)26-10)27-13-9-12(18(30)19(13)31)23(2,3)35(4,32)33/h7-8,11-13,18-19,30-31H,5-6,9H2,1-4H3,(H3,24,26,27,29)/t12-,13+,18+,19-/m0/s1. The van der Waals surface area contributed by atoms with E-state index in [2.05, 4.69) is 20.3 Å². The molecule has 35 heavy (non-hydrogen) atoms. The highest BCUT2D eigenvalue weighted by Gasteiger charge is 2.52. The second kappa shape index (κ2) is 8.32. The van der Waals surface area contributed by atoms with Crippen LogP contribution in [0.5, 0.6) is 0 Å². The van der Waals surface area contributed by atoms with Gasteiger partial charge in [-0.2, -0.15) is 4.98 Å². The zero-order chi connectivity index (χ0) is 25.3. The van der Waals surface area contributed by atoms with Crippen molar-refractivity contribution in [3.05, 3.63) is 23.7 Å². The van der Waals surface area contributed by atoms with Crippen LogP contribution in [0.2, 0.25) is 0 Å². The Kier molecular flexibility index (Phi) is 5.78. The highest BCUT2D eigenvalue weighted by atomic mass is 32.2. The monoisotopic (exact) mass is 518 g/mol. The fourth-order valence-electron chi connectivity index (χ4n) is 4.91. The molecule has 188 valence electrons. The Labute approximate surface area is 208 Å². The molecule has 0 unspecified atom stereocenters. The molecule has 0 spiro atoms. The molecular weight excluding hydrogens is 488 g/mol. The Balaban J connectivity index is 1.53. The van der Waals surface area contributed by atoms with Crippen LogP contribution in [-0.4, -0.2) is 67.8 Å². The summed E-state index contributed by atoms with van der Waals surface area (Å²) in [6.07, 6.45) is 3.02. The highest BCUT2D eigenvalue weighted by Crippen LogP contribution is 2.45. The molecule has 0 aromatic carbocycles. The second-order valence-corrected chi connectivity index (χ2v) is 13.8. The van der Waals surface area contributed by atoms with E-state index in [-0.39, 0.29) is 12.4 Å². The van der Waals surface area contributed by atoms with Gasteiger partial charge >= 0.3 is 0 Å². The highest BCUT2D eigenvalue weighted by molar-refractivity contribution is 7.92. The van der Waals surface area contributed by atoms with Crippen LogP contribution >= 0.6 is 11.3 Å². The fourth-order valence-corrected chi connectivity index (χ4v) is 6.76. The van der Waals surface area contributed by atoms with Gasteiger partial charge in [0.15, 0.2) is 9.84 Å². The van der Waals surface area contributed by atoms with Crippen molar-refractivity contribution in [1.29, 1.82) is 0 Å². The topological polar surface area (TPSA) is 164 Å². The lowest BCUT2D eigenvalue weighted by Crippen LogP contribution is -2.45. The number of nitrogens with one attached hydrogen (secondary N) is 1. The van der Waals surface area contributed by atoms with Crippen molar-refractivity contribution < 1.29 is 18.6 Å². The average molecular weight is 519 g/mol. The van der Waals surface area contributed by atoms with Crippen LogP contribution in [0.1, 0.15) is 50.4 Å². The molecule has 0 radical (unpaired) electrons. The number of nitrogen functional groups attached to an aromatic ring is 1. The van der Waals surface area contributed by atoms with E-state index in [1.54, 1.807) is 13.8 Å². The molecule has 0 amide bonds. The van der Waals surface area contributed by atoms with Crippen molar-refractivity contribution in [2.24, 2.45) is 5.92 Å². The summed E-state index contributed by atoms with van der Waals surface area (Å²) in [5.74, 6) is 0.240. The Morgan fingerprint density at radius 3 is 2.54 bits per heavy atom. The number of nitrogens with zero attached hydrogens (tertiary/aromatic N) is 4. The minimum atomic E-state index is -3.48. The third kappa shape index (κ3) is 4.15. The summed E-state index contributed by atoms with van der Waals surface area (Å²) < 4.78 is 24.6.